The van der Waals surface area contributed by atoms with Crippen LogP contribution in [-0.2, 0) is 0 Å². The lowest BCUT2D eigenvalue weighted by Crippen LogP contribution is -2.08. The van der Waals surface area contributed by atoms with E-state index >= 15 is 0 Å². The first-order valence-electron chi connectivity index (χ1n) is 6.26. The predicted octanol–water partition coefficient (Wildman–Crippen LogP) is 4.75. The molecular formula is C16H17F2N. The van der Waals surface area contributed by atoms with Crippen LogP contribution in [0.3, 0.4) is 0 Å². The second-order valence-electron chi connectivity index (χ2n) is 4.82. The van der Waals surface area contributed by atoms with Crippen molar-refractivity contribution in [3.8, 4) is 0 Å². The van der Waals surface area contributed by atoms with Gasteiger partial charge in [-0.15, -0.1) is 0 Å². The number of hydrogen-bond donors (Lipinski definition) is 1. The normalized spacial score (nSPS) is 12.3. The Morgan fingerprint density at radius 1 is 1.00 bits per heavy atom. The molecule has 1 nitrogen and oxygen atoms in total. The van der Waals surface area contributed by atoms with Gasteiger partial charge in [0.25, 0.3) is 0 Å². The second-order valence-corrected chi connectivity index (χ2v) is 4.82. The zero-order valence-electron chi connectivity index (χ0n) is 11.3. The fourth-order valence-corrected chi connectivity index (χ4v) is 2.05. The molecule has 0 amide bonds. The molecule has 0 radical (unpaired) electrons. The van der Waals surface area contributed by atoms with Crippen LogP contribution in [0.1, 0.15) is 29.7 Å². The molecule has 0 spiro atoms. The molecular weight excluding hydrogens is 244 g/mol. The van der Waals surface area contributed by atoms with Gasteiger partial charge in [0.1, 0.15) is 11.6 Å². The Bertz CT molecular complexity index is 573. The first kappa shape index (κ1) is 13.5. The van der Waals surface area contributed by atoms with Crippen LogP contribution in [0.15, 0.2) is 36.4 Å². The number of anilines is 1. The molecule has 1 unspecified atom stereocenters. The quantitative estimate of drug-likeness (QED) is 0.840. The fourth-order valence-electron chi connectivity index (χ4n) is 2.05. The topological polar surface area (TPSA) is 12.0 Å². The summed E-state index contributed by atoms with van der Waals surface area (Å²) in [6.07, 6.45) is 0. The Morgan fingerprint density at radius 3 is 2.26 bits per heavy atom. The van der Waals surface area contributed by atoms with Crippen molar-refractivity contribution in [1.82, 2.24) is 0 Å². The second kappa shape index (κ2) is 5.39. The van der Waals surface area contributed by atoms with Crippen LogP contribution in [0.2, 0.25) is 0 Å². The van der Waals surface area contributed by atoms with Gasteiger partial charge < -0.3 is 5.32 Å². The van der Waals surface area contributed by atoms with Gasteiger partial charge in [0.2, 0.25) is 0 Å². The molecule has 0 aromatic heterocycles. The first-order chi connectivity index (χ1) is 8.97. The van der Waals surface area contributed by atoms with Gasteiger partial charge in [-0.1, -0.05) is 12.1 Å². The van der Waals surface area contributed by atoms with E-state index in [0.717, 1.165) is 17.3 Å². The highest BCUT2D eigenvalue weighted by Gasteiger charge is 2.10. The SMILES string of the molecule is Cc1cccc(NC(C)c2cc(F)cc(F)c2)c1C. The third kappa shape index (κ3) is 3.11. The summed E-state index contributed by atoms with van der Waals surface area (Å²) in [5.41, 5.74) is 3.91. The van der Waals surface area contributed by atoms with Crippen molar-refractivity contribution < 1.29 is 8.78 Å². The lowest BCUT2D eigenvalue weighted by atomic mass is 10.0. The Labute approximate surface area is 112 Å². The van der Waals surface area contributed by atoms with Gasteiger partial charge in [-0.3, -0.25) is 0 Å². The number of aryl methyl sites for hydroxylation is 1. The van der Waals surface area contributed by atoms with Gasteiger partial charge in [0.05, 0.1) is 0 Å². The molecule has 0 bridgehead atoms. The zero-order valence-corrected chi connectivity index (χ0v) is 11.3. The molecule has 0 fully saturated rings. The molecule has 0 aliphatic heterocycles. The molecule has 1 atom stereocenters. The smallest absolute Gasteiger partial charge is 0.126 e. The van der Waals surface area contributed by atoms with E-state index < -0.39 is 11.6 Å². The highest BCUT2D eigenvalue weighted by Crippen LogP contribution is 2.24. The van der Waals surface area contributed by atoms with E-state index in [2.05, 4.69) is 5.32 Å². The van der Waals surface area contributed by atoms with Crippen molar-refractivity contribution in [3.05, 3.63) is 64.7 Å². The van der Waals surface area contributed by atoms with Crippen molar-refractivity contribution in [3.63, 3.8) is 0 Å². The molecule has 0 aliphatic rings. The van der Waals surface area contributed by atoms with Crippen LogP contribution in [0, 0.1) is 25.5 Å². The maximum Gasteiger partial charge on any atom is 0.126 e. The monoisotopic (exact) mass is 261 g/mol. The van der Waals surface area contributed by atoms with Crippen molar-refractivity contribution in [2.24, 2.45) is 0 Å². The molecule has 19 heavy (non-hydrogen) atoms. The maximum atomic E-state index is 13.2. The van der Waals surface area contributed by atoms with Gasteiger partial charge in [-0.05, 0) is 55.7 Å². The number of hydrogen-bond acceptors (Lipinski definition) is 1. The third-order valence-electron chi connectivity index (χ3n) is 3.36. The summed E-state index contributed by atoms with van der Waals surface area (Å²) >= 11 is 0. The fraction of sp³-hybridized carbons (Fsp3) is 0.250. The minimum atomic E-state index is -0.551. The Morgan fingerprint density at radius 2 is 1.63 bits per heavy atom. The van der Waals surface area contributed by atoms with Crippen molar-refractivity contribution in [1.29, 1.82) is 0 Å². The molecule has 3 heteroatoms. The zero-order chi connectivity index (χ0) is 14.0. The molecule has 2 aromatic rings. The van der Waals surface area contributed by atoms with Gasteiger partial charge in [0.15, 0.2) is 0 Å². The minimum absolute atomic E-state index is 0.161. The number of benzene rings is 2. The van der Waals surface area contributed by atoms with E-state index in [1.165, 1.54) is 17.7 Å². The summed E-state index contributed by atoms with van der Waals surface area (Å²) in [6, 6.07) is 9.39. The van der Waals surface area contributed by atoms with Crippen LogP contribution in [0.25, 0.3) is 0 Å². The number of nitrogens with one attached hydrogen (secondary N) is 1. The molecule has 100 valence electrons. The maximum absolute atomic E-state index is 13.2. The van der Waals surface area contributed by atoms with Crippen LogP contribution in [-0.4, -0.2) is 0 Å². The Balaban J connectivity index is 2.25. The molecule has 0 heterocycles. The van der Waals surface area contributed by atoms with E-state index in [9.17, 15) is 8.78 Å². The van der Waals surface area contributed by atoms with Crippen molar-refractivity contribution in [2.75, 3.05) is 5.32 Å². The molecule has 0 aliphatic carbocycles. The standard InChI is InChI=1S/C16H17F2N/c1-10-5-4-6-16(11(10)2)19-12(3)13-7-14(17)9-15(18)8-13/h4-9,12,19H,1-3H3. The summed E-state index contributed by atoms with van der Waals surface area (Å²) < 4.78 is 26.4. The van der Waals surface area contributed by atoms with Crippen LogP contribution < -0.4 is 5.32 Å². The van der Waals surface area contributed by atoms with Gasteiger partial charge in [-0.25, -0.2) is 8.78 Å². The average Bonchev–Trinajstić information content (AvgIpc) is 2.33. The highest BCUT2D eigenvalue weighted by molar-refractivity contribution is 5.54. The summed E-state index contributed by atoms with van der Waals surface area (Å²) in [7, 11) is 0. The number of rotatable bonds is 3. The van der Waals surface area contributed by atoms with Crippen molar-refractivity contribution >= 4 is 5.69 Å². The van der Waals surface area contributed by atoms with Gasteiger partial charge >= 0.3 is 0 Å². The largest absolute Gasteiger partial charge is 0.378 e. The van der Waals surface area contributed by atoms with Gasteiger partial charge in [0, 0.05) is 17.8 Å². The van der Waals surface area contributed by atoms with E-state index in [1.807, 2.05) is 39.0 Å². The van der Waals surface area contributed by atoms with Crippen LogP contribution >= 0.6 is 0 Å². The average molecular weight is 261 g/mol. The third-order valence-corrected chi connectivity index (χ3v) is 3.36. The Hall–Kier alpha value is -1.90. The van der Waals surface area contributed by atoms with E-state index in [0.29, 0.717) is 5.56 Å². The molecule has 2 rings (SSSR count). The molecule has 2 aromatic carbocycles. The summed E-state index contributed by atoms with van der Waals surface area (Å²) in [6.45, 7) is 5.94. The van der Waals surface area contributed by atoms with Crippen LogP contribution in [0.4, 0.5) is 14.5 Å². The lowest BCUT2D eigenvalue weighted by molar-refractivity contribution is 0.577. The van der Waals surface area contributed by atoms with Crippen molar-refractivity contribution in [2.45, 2.75) is 26.8 Å². The summed E-state index contributed by atoms with van der Waals surface area (Å²) in [5, 5.41) is 3.29. The van der Waals surface area contributed by atoms with E-state index in [-0.39, 0.29) is 6.04 Å². The number of halogens is 2. The molecule has 0 saturated carbocycles. The van der Waals surface area contributed by atoms with Gasteiger partial charge in [-0.2, -0.15) is 0 Å². The minimum Gasteiger partial charge on any atom is -0.378 e. The van der Waals surface area contributed by atoms with E-state index in [4.69, 9.17) is 0 Å². The van der Waals surface area contributed by atoms with Crippen LogP contribution in [0.5, 0.6) is 0 Å². The highest BCUT2D eigenvalue weighted by atomic mass is 19.1. The Kier molecular flexibility index (Phi) is 3.84. The molecule has 0 saturated heterocycles. The molecule has 1 N–H and O–H groups in total. The first-order valence-corrected chi connectivity index (χ1v) is 6.26. The summed E-state index contributed by atoms with van der Waals surface area (Å²) in [4.78, 5) is 0. The summed E-state index contributed by atoms with van der Waals surface area (Å²) in [5.74, 6) is -1.10. The lowest BCUT2D eigenvalue weighted by Gasteiger charge is -2.18. The van der Waals surface area contributed by atoms with E-state index in [1.54, 1.807) is 0 Å². The predicted molar refractivity (Wildman–Crippen MR) is 74.3 cm³/mol.